The van der Waals surface area contributed by atoms with Crippen LogP contribution in [0, 0.1) is 0 Å². The van der Waals surface area contributed by atoms with Crippen molar-refractivity contribution in [2.75, 3.05) is 26.1 Å². The van der Waals surface area contributed by atoms with Gasteiger partial charge in [-0.3, -0.25) is 9.59 Å². The van der Waals surface area contributed by atoms with Crippen LogP contribution in [0.5, 0.6) is 11.5 Å². The summed E-state index contributed by atoms with van der Waals surface area (Å²) < 4.78 is 9.87. The summed E-state index contributed by atoms with van der Waals surface area (Å²) in [6.45, 7) is 6.07. The summed E-state index contributed by atoms with van der Waals surface area (Å²) in [5.74, 6) is -1.55. The molecule has 0 amide bonds. The third-order valence-electron chi connectivity index (χ3n) is 6.54. The van der Waals surface area contributed by atoms with Gasteiger partial charge in [-0.2, -0.15) is 0 Å². The summed E-state index contributed by atoms with van der Waals surface area (Å²) in [5.41, 5.74) is 1.29. The average molecular weight is 501 g/mol. The Bertz CT molecular complexity index is 1070. The molecule has 3 atom stereocenters. The normalized spacial score (nSPS) is 14.2. The number of aliphatic carboxylic acids is 1. The van der Waals surface area contributed by atoms with E-state index in [9.17, 15) is 24.6 Å². The predicted molar refractivity (Wildman–Crippen MR) is 137 cm³/mol. The van der Waals surface area contributed by atoms with E-state index >= 15 is 0 Å². The Morgan fingerprint density at radius 3 is 2.39 bits per heavy atom. The number of nitrogens with one attached hydrogen (secondary N) is 2. The van der Waals surface area contributed by atoms with Crippen molar-refractivity contribution in [3.05, 3.63) is 53.6 Å². The lowest BCUT2D eigenvalue weighted by atomic mass is 9.77. The molecule has 2 aromatic rings. The number of carboxylic acid groups (broad SMARTS) is 1. The topological polar surface area (TPSA) is 134 Å². The average Bonchev–Trinajstić information content (AvgIpc) is 2.87. The summed E-state index contributed by atoms with van der Waals surface area (Å²) in [6.07, 6.45) is 0.958. The molecule has 9 heteroatoms. The molecule has 0 saturated heterocycles. The molecule has 0 heterocycles. The van der Waals surface area contributed by atoms with Gasteiger partial charge in [0.15, 0.2) is 17.3 Å². The summed E-state index contributed by atoms with van der Waals surface area (Å²) in [6, 6.07) is 10.3. The Morgan fingerprint density at radius 1 is 1.11 bits per heavy atom. The molecular weight excluding hydrogens is 464 g/mol. The van der Waals surface area contributed by atoms with E-state index in [4.69, 9.17) is 9.47 Å². The number of hydrogen-bond donors (Lipinski definition) is 4. The van der Waals surface area contributed by atoms with Crippen LogP contribution in [0.15, 0.2) is 42.5 Å². The number of phenolic OH excluding ortho intramolecular Hbond substituents is 1. The van der Waals surface area contributed by atoms with Gasteiger partial charge in [0.05, 0.1) is 26.7 Å². The Hall–Kier alpha value is -3.59. The molecule has 2 rings (SSSR count). The second-order valence-corrected chi connectivity index (χ2v) is 8.95. The fourth-order valence-electron chi connectivity index (χ4n) is 4.03. The zero-order valence-corrected chi connectivity index (χ0v) is 21.5. The molecule has 0 saturated carbocycles. The fraction of sp³-hybridized carbons (Fsp3) is 0.444. The van der Waals surface area contributed by atoms with Crippen LogP contribution >= 0.6 is 0 Å². The number of ketones is 1. The number of hydrogen-bond acceptors (Lipinski definition) is 8. The number of ether oxygens (including phenoxy) is 2. The number of carbonyl (C=O) groups excluding carboxylic acids is 2. The van der Waals surface area contributed by atoms with Gasteiger partial charge in [-0.25, -0.2) is 4.79 Å². The number of para-hydroxylation sites is 1. The minimum absolute atomic E-state index is 0.0480. The largest absolute Gasteiger partial charge is 0.504 e. The van der Waals surface area contributed by atoms with Crippen LogP contribution in [0.25, 0.3) is 0 Å². The van der Waals surface area contributed by atoms with Gasteiger partial charge in [0.1, 0.15) is 6.04 Å². The minimum atomic E-state index is -1.10. The third-order valence-corrected chi connectivity index (χ3v) is 6.54. The number of benzene rings is 2. The minimum Gasteiger partial charge on any atom is -0.504 e. The number of Topliss-reactive ketones (excluding diaryl/α,β-unsaturated/α-hetero) is 1. The van der Waals surface area contributed by atoms with Crippen molar-refractivity contribution >= 4 is 23.4 Å². The van der Waals surface area contributed by atoms with E-state index in [1.165, 1.54) is 14.2 Å². The highest BCUT2D eigenvalue weighted by molar-refractivity contribution is 6.06. The van der Waals surface area contributed by atoms with E-state index in [0.29, 0.717) is 24.4 Å². The van der Waals surface area contributed by atoms with Crippen LogP contribution in [0.4, 0.5) is 5.69 Å². The molecule has 0 fully saturated rings. The molecule has 0 aliphatic rings. The number of rotatable bonds is 14. The van der Waals surface area contributed by atoms with E-state index in [1.807, 2.05) is 13.0 Å². The van der Waals surface area contributed by atoms with Gasteiger partial charge in [-0.1, -0.05) is 32.0 Å². The van der Waals surface area contributed by atoms with Crippen molar-refractivity contribution in [1.82, 2.24) is 5.32 Å². The molecule has 0 aromatic heterocycles. The monoisotopic (exact) mass is 500 g/mol. The molecule has 0 bridgehead atoms. The molecular formula is C27H36N2O7. The lowest BCUT2D eigenvalue weighted by Crippen LogP contribution is -2.41. The van der Waals surface area contributed by atoms with Crippen LogP contribution in [0.1, 0.15) is 56.0 Å². The Kier molecular flexibility index (Phi) is 10.3. The molecule has 9 nitrogen and oxygen atoms in total. The molecule has 0 aliphatic heterocycles. The Morgan fingerprint density at radius 2 is 1.81 bits per heavy atom. The highest BCUT2D eigenvalue weighted by atomic mass is 16.5. The van der Waals surface area contributed by atoms with Crippen molar-refractivity contribution in [2.24, 2.45) is 0 Å². The van der Waals surface area contributed by atoms with E-state index in [0.717, 1.165) is 12.0 Å². The number of methoxy groups -OCH3 is 2. The summed E-state index contributed by atoms with van der Waals surface area (Å²) >= 11 is 0. The van der Waals surface area contributed by atoms with Gasteiger partial charge in [-0.05, 0) is 61.6 Å². The van der Waals surface area contributed by atoms with Crippen molar-refractivity contribution in [2.45, 2.75) is 57.5 Å². The molecule has 36 heavy (non-hydrogen) atoms. The van der Waals surface area contributed by atoms with Crippen LogP contribution in [0.3, 0.4) is 0 Å². The van der Waals surface area contributed by atoms with Crippen molar-refractivity contribution in [3.8, 4) is 11.5 Å². The molecule has 0 spiro atoms. The first kappa shape index (κ1) is 28.6. The zero-order chi connectivity index (χ0) is 26.9. The van der Waals surface area contributed by atoms with Gasteiger partial charge in [0, 0.05) is 11.3 Å². The van der Waals surface area contributed by atoms with Crippen molar-refractivity contribution in [1.29, 1.82) is 0 Å². The maximum atomic E-state index is 13.4. The van der Waals surface area contributed by atoms with E-state index in [2.05, 4.69) is 17.6 Å². The van der Waals surface area contributed by atoms with Gasteiger partial charge in [0.2, 0.25) is 0 Å². The third kappa shape index (κ3) is 7.21. The van der Waals surface area contributed by atoms with Gasteiger partial charge in [0.25, 0.3) is 0 Å². The first-order valence-electron chi connectivity index (χ1n) is 11.9. The van der Waals surface area contributed by atoms with Crippen molar-refractivity contribution < 1.29 is 34.1 Å². The summed E-state index contributed by atoms with van der Waals surface area (Å²) in [4.78, 5) is 36.8. The number of aromatic hydroxyl groups is 1. The van der Waals surface area contributed by atoms with Gasteiger partial charge < -0.3 is 30.3 Å². The molecule has 196 valence electrons. The molecule has 2 aromatic carbocycles. The Labute approximate surface area is 211 Å². The number of esters is 1. The number of carbonyl (C=O) groups is 3. The first-order chi connectivity index (χ1) is 17.1. The van der Waals surface area contributed by atoms with Crippen LogP contribution in [-0.2, 0) is 19.7 Å². The smallest absolute Gasteiger partial charge is 0.327 e. The predicted octanol–water partition coefficient (Wildman–Crippen LogP) is 3.75. The second-order valence-electron chi connectivity index (χ2n) is 8.95. The van der Waals surface area contributed by atoms with E-state index in [-0.39, 0.29) is 16.7 Å². The van der Waals surface area contributed by atoms with E-state index in [1.54, 1.807) is 43.3 Å². The highest BCUT2D eigenvalue weighted by Crippen LogP contribution is 2.36. The summed E-state index contributed by atoms with van der Waals surface area (Å²) in [7, 11) is 2.77. The highest BCUT2D eigenvalue weighted by Gasteiger charge is 2.29. The standard InChI is InChI=1S/C27H36N2O7/c1-6-27(3,18-11-12-23(35-4)22(30)15-18)13-14-28-21(16-24(31)32)25(33)19-9-7-8-10-20(19)29-17(2)26(34)36-5/h7-12,15,17,21,28-30H,6,13-14,16H2,1-5H3,(H,31,32)/t17?,21-,27?/m0/s1. The van der Waals surface area contributed by atoms with Crippen LogP contribution in [0.2, 0.25) is 0 Å². The number of anilines is 1. The van der Waals surface area contributed by atoms with E-state index < -0.39 is 36.2 Å². The molecule has 0 radical (unpaired) electrons. The number of carboxylic acids is 1. The molecule has 4 N–H and O–H groups in total. The Balaban J connectivity index is 2.21. The second kappa shape index (κ2) is 12.9. The van der Waals surface area contributed by atoms with Crippen molar-refractivity contribution in [3.63, 3.8) is 0 Å². The molecule has 2 unspecified atom stereocenters. The number of phenols is 1. The SMILES string of the molecule is CCC(C)(CCN[C@@H](CC(=O)O)C(=O)c1ccccc1NC(C)C(=O)OC)c1ccc(OC)c(O)c1. The first-order valence-corrected chi connectivity index (χ1v) is 11.9. The lowest BCUT2D eigenvalue weighted by molar-refractivity contribution is -0.141. The summed E-state index contributed by atoms with van der Waals surface area (Å²) in [5, 5.41) is 25.8. The van der Waals surface area contributed by atoms with Crippen LogP contribution in [-0.4, -0.2) is 60.8 Å². The fourth-order valence-corrected chi connectivity index (χ4v) is 4.03. The quantitative estimate of drug-likeness (QED) is 0.226. The lowest BCUT2D eigenvalue weighted by Gasteiger charge is -2.30. The van der Waals surface area contributed by atoms with Gasteiger partial charge >= 0.3 is 11.9 Å². The molecule has 0 aliphatic carbocycles. The van der Waals surface area contributed by atoms with Gasteiger partial charge in [-0.15, -0.1) is 0 Å². The van der Waals surface area contributed by atoms with Crippen LogP contribution < -0.4 is 15.4 Å². The zero-order valence-electron chi connectivity index (χ0n) is 21.5. The maximum Gasteiger partial charge on any atom is 0.327 e. The maximum absolute atomic E-state index is 13.4.